The third-order valence-electron chi connectivity index (χ3n) is 12.0. The predicted octanol–water partition coefficient (Wildman–Crippen LogP) is 17.4. The topological polar surface area (TPSA) is 197 Å². The van der Waals surface area contributed by atoms with Crippen molar-refractivity contribution in [2.45, 2.75) is 52.7 Å². The van der Waals surface area contributed by atoms with Crippen LogP contribution in [0.25, 0.3) is 33.8 Å². The van der Waals surface area contributed by atoms with Crippen molar-refractivity contribution in [2.75, 3.05) is 36.9 Å². The minimum atomic E-state index is -1.09. The van der Waals surface area contributed by atoms with Crippen molar-refractivity contribution in [3.63, 3.8) is 0 Å². The zero-order chi connectivity index (χ0) is 68.5. The largest absolute Gasteiger partial charge is 0.465 e. The number of pyridine rings is 3. The van der Waals surface area contributed by atoms with E-state index in [1.165, 1.54) is 131 Å². The molecule has 0 atom stereocenters. The summed E-state index contributed by atoms with van der Waals surface area (Å²) < 4.78 is 147. The number of aromatic nitrogens is 3. The molecule has 2 amide bonds. The van der Waals surface area contributed by atoms with Gasteiger partial charge in [0.25, 0.3) is 0 Å². The predicted molar refractivity (Wildman–Crippen MR) is 329 cm³/mol. The Morgan fingerprint density at radius 1 is 0.419 bits per heavy atom. The first-order valence-corrected chi connectivity index (χ1v) is 27.6. The molecule has 0 saturated heterocycles. The minimum Gasteiger partial charge on any atom is -0.465 e. The van der Waals surface area contributed by atoms with Crippen molar-refractivity contribution in [2.24, 2.45) is 0 Å². The summed E-state index contributed by atoms with van der Waals surface area (Å²) in [4.78, 5) is 73.5. The lowest BCUT2D eigenvalue weighted by Gasteiger charge is -2.27. The second-order valence-corrected chi connectivity index (χ2v) is 21.4. The van der Waals surface area contributed by atoms with E-state index in [1.807, 2.05) is 5.32 Å². The van der Waals surface area contributed by atoms with Gasteiger partial charge in [0.1, 0.15) is 97.4 Å². The third-order valence-corrected chi connectivity index (χ3v) is 12.2. The highest BCUT2D eigenvalue weighted by atomic mass is 35.5. The van der Waals surface area contributed by atoms with Gasteiger partial charge in [-0.25, -0.2) is 83.3 Å². The fourth-order valence-electron chi connectivity index (χ4n) is 7.92. The summed E-state index contributed by atoms with van der Waals surface area (Å²) in [5.74, 6) is -8.63. The van der Waals surface area contributed by atoms with Gasteiger partial charge in [-0.15, -0.1) is 0 Å². The Morgan fingerprint density at radius 2 is 0.774 bits per heavy atom. The van der Waals surface area contributed by atoms with Crippen LogP contribution in [0.3, 0.4) is 0 Å². The van der Waals surface area contributed by atoms with Crippen molar-refractivity contribution in [1.82, 2.24) is 15.0 Å². The maximum absolute atomic E-state index is 14.7. The van der Waals surface area contributed by atoms with E-state index in [9.17, 15) is 63.5 Å². The molecule has 16 nitrogen and oxygen atoms in total. The molecule has 0 radical (unpaired) electrons. The Kier molecular flexibility index (Phi) is 24.3. The van der Waals surface area contributed by atoms with Crippen LogP contribution in [0.4, 0.5) is 77.8 Å². The third kappa shape index (κ3) is 19.8. The van der Waals surface area contributed by atoms with Gasteiger partial charge in [0.05, 0.1) is 55.1 Å². The average molecular weight is 1310 g/mol. The smallest absolute Gasteiger partial charge is 0.420 e. The number of benzene rings is 6. The molecule has 9 aromatic rings. The first-order valence-electron chi connectivity index (χ1n) is 27.3. The number of nitrogens with one attached hydrogen (secondary N) is 2. The summed E-state index contributed by atoms with van der Waals surface area (Å²) in [7, 11) is 3.68. The Balaban J connectivity index is 0.000000205. The van der Waals surface area contributed by atoms with Gasteiger partial charge < -0.3 is 29.0 Å². The molecule has 484 valence electrons. The van der Waals surface area contributed by atoms with Gasteiger partial charge in [0, 0.05) is 16.7 Å². The number of carbonyl (C=O) groups excluding carboxylic acids is 5. The molecular formula is C67H56ClF9N6O10. The van der Waals surface area contributed by atoms with Gasteiger partial charge in [-0.3, -0.25) is 5.32 Å². The molecule has 0 spiro atoms. The number of esters is 3. The first-order chi connectivity index (χ1) is 43.9. The first kappa shape index (κ1) is 71.3. The lowest BCUT2D eigenvalue weighted by Crippen LogP contribution is -2.35. The number of halogens is 10. The van der Waals surface area contributed by atoms with Crippen LogP contribution in [0, 0.1) is 52.4 Å². The number of ether oxygens (including phenoxy) is 5. The van der Waals surface area contributed by atoms with E-state index in [0.29, 0.717) is 27.3 Å². The van der Waals surface area contributed by atoms with E-state index in [1.54, 1.807) is 41.5 Å². The Hall–Kier alpha value is -10.8. The zero-order valence-electron chi connectivity index (χ0n) is 50.7. The van der Waals surface area contributed by atoms with Crippen LogP contribution in [-0.2, 0) is 23.7 Å². The summed E-state index contributed by atoms with van der Waals surface area (Å²) in [6.07, 6.45) is -1.98. The minimum absolute atomic E-state index is 0.00556. The van der Waals surface area contributed by atoms with Crippen LogP contribution in [0.15, 0.2) is 164 Å². The van der Waals surface area contributed by atoms with Gasteiger partial charge in [-0.2, -0.15) is 0 Å². The molecule has 9 rings (SSSR count). The average Bonchev–Trinajstić information content (AvgIpc) is 0.800. The van der Waals surface area contributed by atoms with Crippen molar-refractivity contribution >= 4 is 70.4 Å². The van der Waals surface area contributed by atoms with Crippen LogP contribution in [-0.4, -0.2) is 77.6 Å². The molecular weight excluding hydrogens is 1260 g/mol. The number of amides is 2. The molecule has 0 saturated carbocycles. The molecule has 3 aromatic heterocycles. The van der Waals surface area contributed by atoms with Gasteiger partial charge >= 0.3 is 30.1 Å². The standard InChI is InChI=1S/C24H21F3N2O4.C19H13F3N2O2.C13H9ClFNO2.C11H13F2NO2/c1-24(2,3)33-23(31)29(21-17(26)6-5-7-18(21)27)19-13-12-16(22(30)32-4)20(28-19)14-8-10-15(25)11-9-14;1-26-19(25)13-9-10-16(24-18-14(21)3-2-4-15(18)22)23-17(13)11-5-7-12(20)8-6-11;1-18-13(17)10-6-7-11(14)16-12(10)8-2-4-9(15)5-3-8;1-11(2,3)16-10(15)14-9-7(12)5-4-6-8(9)13/h5-13H,1-4H3;2-10H,1H3,(H,23,24);2-7H,1H3;4-6H,1-3H3,(H,14,15). The Morgan fingerprint density at radius 3 is 1.17 bits per heavy atom. The summed E-state index contributed by atoms with van der Waals surface area (Å²) in [5, 5.41) is 4.83. The molecule has 26 heteroatoms. The quantitative estimate of drug-likeness (QED) is 0.0537. The zero-order valence-corrected chi connectivity index (χ0v) is 51.5. The fraction of sp³-hybridized carbons (Fsp3) is 0.164. The lowest BCUT2D eigenvalue weighted by molar-refractivity contribution is 0.0587. The van der Waals surface area contributed by atoms with Crippen LogP contribution in [0.2, 0.25) is 5.15 Å². The Labute approximate surface area is 531 Å². The number of hydrogen-bond acceptors (Lipinski definition) is 14. The number of hydrogen-bond donors (Lipinski definition) is 2. The monoisotopic (exact) mass is 1310 g/mol. The summed E-state index contributed by atoms with van der Waals surface area (Å²) >= 11 is 5.81. The molecule has 0 aliphatic heterocycles. The number of nitrogens with zero attached hydrogens (tertiary/aromatic N) is 4. The number of para-hydroxylation sites is 3. The highest BCUT2D eigenvalue weighted by molar-refractivity contribution is 6.29. The molecule has 0 unspecified atom stereocenters. The summed E-state index contributed by atoms with van der Waals surface area (Å²) in [6.45, 7) is 9.76. The van der Waals surface area contributed by atoms with Gasteiger partial charge in [-0.05, 0) is 187 Å². The van der Waals surface area contributed by atoms with Gasteiger partial charge in [0.2, 0.25) is 0 Å². The van der Waals surface area contributed by atoms with Gasteiger partial charge in [0.15, 0.2) is 0 Å². The SMILES string of the molecule is CC(C)(C)OC(=O)Nc1c(F)cccc1F.COC(=O)c1ccc(Cl)nc1-c1ccc(F)cc1.COC(=O)c1ccc(N(C(=O)OC(C)(C)C)c2c(F)cccc2F)nc1-c1ccc(F)cc1.COC(=O)c1ccc(Nc2c(F)cccc2F)nc1-c1ccc(F)cc1. The van der Waals surface area contributed by atoms with E-state index in [2.05, 4.69) is 25.0 Å². The van der Waals surface area contributed by atoms with E-state index in [-0.39, 0.29) is 56.4 Å². The van der Waals surface area contributed by atoms with E-state index in [0.717, 1.165) is 54.6 Å². The molecule has 0 aliphatic rings. The van der Waals surface area contributed by atoms with Crippen molar-refractivity contribution in [3.05, 3.63) is 238 Å². The van der Waals surface area contributed by atoms with Gasteiger partial charge in [-0.1, -0.05) is 29.8 Å². The number of rotatable bonds is 11. The van der Waals surface area contributed by atoms with Crippen LogP contribution in [0.5, 0.6) is 0 Å². The van der Waals surface area contributed by atoms with Crippen LogP contribution < -0.4 is 15.5 Å². The molecule has 2 N–H and O–H groups in total. The summed E-state index contributed by atoms with van der Waals surface area (Å²) in [6, 6.07) is 34.3. The van der Waals surface area contributed by atoms with Crippen molar-refractivity contribution in [3.8, 4) is 33.8 Å². The maximum atomic E-state index is 14.7. The van der Waals surface area contributed by atoms with Crippen LogP contribution >= 0.6 is 11.6 Å². The highest BCUT2D eigenvalue weighted by Gasteiger charge is 2.32. The van der Waals surface area contributed by atoms with Crippen LogP contribution in [0.1, 0.15) is 72.6 Å². The highest BCUT2D eigenvalue weighted by Crippen LogP contribution is 2.35. The molecule has 6 aromatic carbocycles. The second-order valence-electron chi connectivity index (χ2n) is 21.0. The second kappa shape index (κ2) is 31.8. The molecule has 3 heterocycles. The van der Waals surface area contributed by atoms with E-state index < -0.39 is 99.2 Å². The fourth-order valence-corrected chi connectivity index (χ4v) is 8.07. The number of anilines is 5. The van der Waals surface area contributed by atoms with E-state index in [4.69, 9.17) is 30.5 Å². The maximum Gasteiger partial charge on any atom is 0.420 e. The van der Waals surface area contributed by atoms with Crippen molar-refractivity contribution < 1.29 is 87.2 Å². The number of methoxy groups -OCH3 is 3. The number of carbonyl (C=O) groups is 5. The summed E-state index contributed by atoms with van der Waals surface area (Å²) in [5.41, 5.74) is -0.895. The lowest BCUT2D eigenvalue weighted by atomic mass is 10.1. The van der Waals surface area contributed by atoms with E-state index >= 15 is 0 Å². The molecule has 93 heavy (non-hydrogen) atoms. The normalized spacial score (nSPS) is 10.7. The molecule has 0 fully saturated rings. The molecule has 0 bridgehead atoms. The Bertz CT molecular complexity index is 4100. The van der Waals surface area contributed by atoms with Crippen molar-refractivity contribution in [1.29, 1.82) is 0 Å². The molecule has 0 aliphatic carbocycles.